The van der Waals surface area contributed by atoms with Crippen LogP contribution in [0.5, 0.6) is 0 Å². The molecule has 6 heteroatoms. The Hall–Kier alpha value is -2.47. The van der Waals surface area contributed by atoms with Gasteiger partial charge in [-0.15, -0.1) is 0 Å². The van der Waals surface area contributed by atoms with E-state index in [0.29, 0.717) is 21.8 Å². The smallest absolute Gasteiger partial charge is 0.313 e. The van der Waals surface area contributed by atoms with Crippen LogP contribution in [0.25, 0.3) is 22.3 Å². The molecule has 110 valence electrons. The molecule has 0 amide bonds. The van der Waals surface area contributed by atoms with Crippen molar-refractivity contribution in [3.8, 4) is 11.4 Å². The molecule has 3 rings (SSSR count). The van der Waals surface area contributed by atoms with Crippen LogP contribution < -0.4 is 0 Å². The summed E-state index contributed by atoms with van der Waals surface area (Å²) in [5, 5.41) is 9.83. The Kier molecular flexibility index (Phi) is 4.02. The van der Waals surface area contributed by atoms with Crippen LogP contribution in [0.2, 0.25) is 0 Å². The van der Waals surface area contributed by atoms with Crippen molar-refractivity contribution < 1.29 is 14.3 Å². The number of carboxylic acid groups (broad SMARTS) is 1. The van der Waals surface area contributed by atoms with Crippen LogP contribution in [0.1, 0.15) is 0 Å². The summed E-state index contributed by atoms with van der Waals surface area (Å²) in [7, 11) is 0. The maximum Gasteiger partial charge on any atom is 0.313 e. The molecule has 0 unspecified atom stereocenters. The molecule has 0 aliphatic rings. The van der Waals surface area contributed by atoms with E-state index < -0.39 is 11.8 Å². The Bertz CT molecular complexity index is 840. The maximum absolute atomic E-state index is 13.5. The monoisotopic (exact) mass is 314 g/mol. The number of rotatable bonds is 4. The van der Waals surface area contributed by atoms with Crippen LogP contribution in [0.15, 0.2) is 53.6 Å². The highest BCUT2D eigenvalue weighted by Crippen LogP contribution is 2.28. The highest BCUT2D eigenvalue weighted by molar-refractivity contribution is 8.00. The number of thioether (sulfide) groups is 1. The first-order valence-electron chi connectivity index (χ1n) is 6.51. The molecule has 0 saturated heterocycles. The Morgan fingerprint density at radius 3 is 2.64 bits per heavy atom. The number of carbonyl (C=O) groups is 1. The van der Waals surface area contributed by atoms with Crippen LogP contribution in [-0.2, 0) is 4.79 Å². The number of carboxylic acids is 1. The van der Waals surface area contributed by atoms with Crippen LogP contribution in [0.4, 0.5) is 4.39 Å². The van der Waals surface area contributed by atoms with Crippen molar-refractivity contribution in [3.63, 3.8) is 0 Å². The standard InChI is InChI=1S/C16H11FN2O2S/c17-11-6-7-13-12(8-11)16(22-9-14(20)21)19-15(18-13)10-4-2-1-3-5-10/h1-8H,9H2,(H,20,21). The number of hydrogen-bond donors (Lipinski definition) is 1. The van der Waals surface area contributed by atoms with E-state index in [0.717, 1.165) is 17.3 Å². The van der Waals surface area contributed by atoms with Crippen molar-refractivity contribution in [3.05, 3.63) is 54.3 Å². The number of benzene rings is 2. The normalized spacial score (nSPS) is 10.8. The van der Waals surface area contributed by atoms with Gasteiger partial charge < -0.3 is 5.11 Å². The average molecular weight is 314 g/mol. The van der Waals surface area contributed by atoms with Crippen LogP contribution in [-0.4, -0.2) is 26.8 Å². The van der Waals surface area contributed by atoms with Gasteiger partial charge in [0.1, 0.15) is 10.8 Å². The van der Waals surface area contributed by atoms with Crippen molar-refractivity contribution in [2.45, 2.75) is 5.03 Å². The molecule has 0 spiro atoms. The topological polar surface area (TPSA) is 63.1 Å². The van der Waals surface area contributed by atoms with Crippen LogP contribution >= 0.6 is 11.8 Å². The third kappa shape index (κ3) is 3.07. The molecule has 3 aromatic rings. The van der Waals surface area contributed by atoms with Crippen LogP contribution in [0, 0.1) is 5.82 Å². The molecule has 1 N–H and O–H groups in total. The third-order valence-corrected chi connectivity index (χ3v) is 3.96. The first kappa shape index (κ1) is 14.5. The van der Waals surface area contributed by atoms with Crippen molar-refractivity contribution in [2.24, 2.45) is 0 Å². The minimum atomic E-state index is -0.950. The number of halogens is 1. The highest BCUT2D eigenvalue weighted by Gasteiger charge is 2.12. The molecule has 0 fully saturated rings. The predicted molar refractivity (Wildman–Crippen MR) is 83.3 cm³/mol. The van der Waals surface area contributed by atoms with Crippen molar-refractivity contribution >= 4 is 28.6 Å². The van der Waals surface area contributed by atoms with E-state index in [1.807, 2.05) is 30.3 Å². The largest absolute Gasteiger partial charge is 0.481 e. The van der Waals surface area contributed by atoms with Crippen LogP contribution in [0.3, 0.4) is 0 Å². The Balaban J connectivity index is 2.15. The molecule has 0 saturated carbocycles. The fourth-order valence-corrected chi connectivity index (χ4v) is 2.76. The minimum Gasteiger partial charge on any atom is -0.481 e. The van der Waals surface area contributed by atoms with Crippen molar-refractivity contribution in [1.82, 2.24) is 9.97 Å². The van der Waals surface area contributed by atoms with Gasteiger partial charge in [-0.25, -0.2) is 14.4 Å². The van der Waals surface area contributed by atoms with E-state index in [1.165, 1.54) is 12.1 Å². The summed E-state index contributed by atoms with van der Waals surface area (Å²) < 4.78 is 13.5. The first-order chi connectivity index (χ1) is 10.6. The second-order valence-electron chi connectivity index (χ2n) is 4.56. The van der Waals surface area contributed by atoms with E-state index in [4.69, 9.17) is 5.11 Å². The van der Waals surface area contributed by atoms with Gasteiger partial charge in [-0.05, 0) is 18.2 Å². The Morgan fingerprint density at radius 2 is 1.91 bits per heavy atom. The second kappa shape index (κ2) is 6.11. The zero-order valence-electron chi connectivity index (χ0n) is 11.4. The molecular formula is C16H11FN2O2S. The second-order valence-corrected chi connectivity index (χ2v) is 5.53. The van der Waals surface area contributed by atoms with Crippen molar-refractivity contribution in [2.75, 3.05) is 5.75 Å². The zero-order chi connectivity index (χ0) is 15.5. The van der Waals surface area contributed by atoms with Gasteiger partial charge in [0.15, 0.2) is 5.82 Å². The van der Waals surface area contributed by atoms with E-state index >= 15 is 0 Å². The molecule has 2 aromatic carbocycles. The molecule has 1 heterocycles. The lowest BCUT2D eigenvalue weighted by Crippen LogP contribution is -2.00. The molecule has 4 nitrogen and oxygen atoms in total. The molecule has 1 aromatic heterocycles. The molecule has 0 bridgehead atoms. The molecule has 22 heavy (non-hydrogen) atoms. The first-order valence-corrected chi connectivity index (χ1v) is 7.49. The summed E-state index contributed by atoms with van der Waals surface area (Å²) in [5.41, 5.74) is 1.41. The zero-order valence-corrected chi connectivity index (χ0v) is 12.2. The molecule has 0 aliphatic heterocycles. The summed E-state index contributed by atoms with van der Waals surface area (Å²) in [6.45, 7) is 0. The summed E-state index contributed by atoms with van der Waals surface area (Å²) in [5.74, 6) is -1.00. The lowest BCUT2D eigenvalue weighted by Gasteiger charge is -2.08. The number of fused-ring (bicyclic) bond motifs is 1. The summed E-state index contributed by atoms with van der Waals surface area (Å²) in [6, 6.07) is 13.6. The van der Waals surface area contributed by atoms with E-state index in [9.17, 15) is 9.18 Å². The summed E-state index contributed by atoms with van der Waals surface area (Å²) in [6.07, 6.45) is 0. The predicted octanol–water partition coefficient (Wildman–Crippen LogP) is 3.61. The molecule has 0 aliphatic carbocycles. The molecule has 0 radical (unpaired) electrons. The SMILES string of the molecule is O=C(O)CSc1nc(-c2ccccc2)nc2ccc(F)cc12. The quantitative estimate of drug-likeness (QED) is 0.589. The van der Waals surface area contributed by atoms with Crippen molar-refractivity contribution in [1.29, 1.82) is 0 Å². The average Bonchev–Trinajstić information content (AvgIpc) is 2.53. The maximum atomic E-state index is 13.5. The van der Waals surface area contributed by atoms with Gasteiger partial charge in [-0.3, -0.25) is 4.79 Å². The number of aliphatic carboxylic acids is 1. The van der Waals surface area contributed by atoms with E-state index in [1.54, 1.807) is 6.07 Å². The minimum absolute atomic E-state index is 0.142. The molecule has 0 atom stereocenters. The van der Waals surface area contributed by atoms with Gasteiger partial charge in [0.25, 0.3) is 0 Å². The lowest BCUT2D eigenvalue weighted by atomic mass is 10.2. The van der Waals surface area contributed by atoms with Gasteiger partial charge in [0.2, 0.25) is 0 Å². The fourth-order valence-electron chi connectivity index (χ4n) is 2.03. The number of aromatic nitrogens is 2. The lowest BCUT2D eigenvalue weighted by molar-refractivity contribution is -0.133. The van der Waals surface area contributed by atoms with Gasteiger partial charge in [0, 0.05) is 10.9 Å². The van der Waals surface area contributed by atoms with Gasteiger partial charge in [-0.1, -0.05) is 42.1 Å². The highest BCUT2D eigenvalue weighted by atomic mass is 32.2. The van der Waals surface area contributed by atoms with E-state index in [-0.39, 0.29) is 5.75 Å². The third-order valence-electron chi connectivity index (χ3n) is 2.99. The number of nitrogens with zero attached hydrogens (tertiary/aromatic N) is 2. The van der Waals surface area contributed by atoms with E-state index in [2.05, 4.69) is 9.97 Å². The van der Waals surface area contributed by atoms with Gasteiger partial charge in [0.05, 0.1) is 11.3 Å². The Morgan fingerprint density at radius 1 is 1.14 bits per heavy atom. The number of hydrogen-bond acceptors (Lipinski definition) is 4. The van der Waals surface area contributed by atoms with Gasteiger partial charge >= 0.3 is 5.97 Å². The molecular weight excluding hydrogens is 303 g/mol. The summed E-state index contributed by atoms with van der Waals surface area (Å²) >= 11 is 1.06. The fraction of sp³-hybridized carbons (Fsp3) is 0.0625. The summed E-state index contributed by atoms with van der Waals surface area (Å²) in [4.78, 5) is 19.6. The Labute approximate surface area is 130 Å². The van der Waals surface area contributed by atoms with Gasteiger partial charge in [-0.2, -0.15) is 0 Å².